The van der Waals surface area contributed by atoms with Crippen LogP contribution in [0.2, 0.25) is 0 Å². The van der Waals surface area contributed by atoms with E-state index in [1.165, 1.54) is 23.3 Å². The molecule has 0 aromatic carbocycles. The Bertz CT molecular complexity index is 776. The normalized spacial score (nSPS) is 25.1. The molecule has 1 atom stereocenters. The van der Waals surface area contributed by atoms with Crippen molar-refractivity contribution in [2.24, 2.45) is 5.41 Å². The van der Waals surface area contributed by atoms with Gasteiger partial charge < -0.3 is 5.11 Å². The number of thiophene rings is 1. The first-order valence-electron chi connectivity index (χ1n) is 7.23. The molecule has 1 N–H and O–H groups in total. The molecule has 2 fully saturated rings. The lowest BCUT2D eigenvalue weighted by Gasteiger charge is -2.03. The van der Waals surface area contributed by atoms with Crippen molar-refractivity contribution in [3.63, 3.8) is 0 Å². The quantitative estimate of drug-likeness (QED) is 0.921. The van der Waals surface area contributed by atoms with Crippen LogP contribution in [0.25, 0.3) is 10.2 Å². The average molecular weight is 286 g/mol. The molecule has 2 saturated carbocycles. The molecular formula is C15H14N2O2S. The summed E-state index contributed by atoms with van der Waals surface area (Å²) in [6, 6.07) is 0. The van der Waals surface area contributed by atoms with Crippen LogP contribution < -0.4 is 0 Å². The Morgan fingerprint density at radius 2 is 2.15 bits per heavy atom. The summed E-state index contributed by atoms with van der Waals surface area (Å²) >= 11 is 1.68. The molecule has 4 nitrogen and oxygen atoms in total. The molecule has 3 aliphatic rings. The van der Waals surface area contributed by atoms with E-state index < -0.39 is 5.97 Å². The molecular weight excluding hydrogens is 272 g/mol. The van der Waals surface area contributed by atoms with Crippen molar-refractivity contribution in [3.05, 3.63) is 22.0 Å². The molecule has 3 aliphatic carbocycles. The molecule has 0 bridgehead atoms. The maximum absolute atomic E-state index is 11.6. The number of aromatic carboxylic acids is 1. The van der Waals surface area contributed by atoms with Gasteiger partial charge >= 0.3 is 5.97 Å². The average Bonchev–Trinajstić information content (AvgIpc) is 3.25. The first kappa shape index (κ1) is 11.2. The number of carboxylic acid groups (broad SMARTS) is 1. The van der Waals surface area contributed by atoms with Crippen LogP contribution in [-0.4, -0.2) is 21.0 Å². The van der Waals surface area contributed by atoms with Crippen molar-refractivity contribution in [3.8, 4) is 0 Å². The lowest BCUT2D eigenvalue weighted by molar-refractivity contribution is 0.0692. The molecule has 0 aliphatic heterocycles. The summed E-state index contributed by atoms with van der Waals surface area (Å²) in [5, 5.41) is 10.3. The molecule has 102 valence electrons. The third-order valence-corrected chi connectivity index (χ3v) is 6.36. The SMILES string of the molecule is O=C(O)c1nc(C2CC23CC3)nc2sc3c(c12)CCC3. The molecule has 1 unspecified atom stereocenters. The first-order chi connectivity index (χ1) is 9.68. The second-order valence-electron chi connectivity index (χ2n) is 6.39. The minimum atomic E-state index is -0.906. The van der Waals surface area contributed by atoms with Gasteiger partial charge in [-0.05, 0) is 49.5 Å². The van der Waals surface area contributed by atoms with E-state index in [9.17, 15) is 9.90 Å². The van der Waals surface area contributed by atoms with Gasteiger partial charge in [-0.1, -0.05) is 0 Å². The van der Waals surface area contributed by atoms with Crippen LogP contribution in [0.5, 0.6) is 0 Å². The van der Waals surface area contributed by atoms with Crippen LogP contribution in [-0.2, 0) is 12.8 Å². The summed E-state index contributed by atoms with van der Waals surface area (Å²) in [4.78, 5) is 23.0. The van der Waals surface area contributed by atoms with E-state index >= 15 is 0 Å². The number of hydrogen-bond donors (Lipinski definition) is 1. The smallest absolute Gasteiger partial charge is 0.355 e. The van der Waals surface area contributed by atoms with Crippen LogP contribution in [0, 0.1) is 5.41 Å². The highest BCUT2D eigenvalue weighted by atomic mass is 32.1. The molecule has 0 amide bonds. The second kappa shape index (κ2) is 3.39. The molecule has 0 saturated heterocycles. The maximum atomic E-state index is 11.6. The van der Waals surface area contributed by atoms with Gasteiger partial charge in [-0.3, -0.25) is 0 Å². The number of carbonyl (C=O) groups is 1. The van der Waals surface area contributed by atoms with Gasteiger partial charge in [-0.25, -0.2) is 14.8 Å². The third-order valence-electron chi connectivity index (χ3n) is 5.18. The molecule has 0 radical (unpaired) electrons. The maximum Gasteiger partial charge on any atom is 0.355 e. The summed E-state index contributed by atoms with van der Waals surface area (Å²) in [5.41, 5.74) is 1.90. The van der Waals surface area contributed by atoms with Gasteiger partial charge in [-0.15, -0.1) is 11.3 Å². The number of nitrogens with zero attached hydrogens (tertiary/aromatic N) is 2. The minimum absolute atomic E-state index is 0.243. The van der Waals surface area contributed by atoms with Crippen LogP contribution in [0.1, 0.15) is 58.4 Å². The predicted molar refractivity (Wildman–Crippen MR) is 75.4 cm³/mol. The van der Waals surface area contributed by atoms with Crippen molar-refractivity contribution >= 4 is 27.5 Å². The van der Waals surface area contributed by atoms with Crippen LogP contribution in [0.15, 0.2) is 0 Å². The van der Waals surface area contributed by atoms with E-state index in [0.29, 0.717) is 11.3 Å². The van der Waals surface area contributed by atoms with E-state index in [2.05, 4.69) is 4.98 Å². The van der Waals surface area contributed by atoms with Gasteiger partial charge in [-0.2, -0.15) is 0 Å². The summed E-state index contributed by atoms with van der Waals surface area (Å²) in [7, 11) is 0. The number of rotatable bonds is 2. The zero-order valence-corrected chi connectivity index (χ0v) is 11.8. The van der Waals surface area contributed by atoms with E-state index in [1.54, 1.807) is 11.3 Å². The molecule has 2 heterocycles. The van der Waals surface area contributed by atoms with Crippen molar-refractivity contribution in [1.29, 1.82) is 0 Å². The second-order valence-corrected chi connectivity index (χ2v) is 7.48. The molecule has 1 spiro atoms. The lowest BCUT2D eigenvalue weighted by atomic mass is 10.1. The van der Waals surface area contributed by atoms with E-state index in [-0.39, 0.29) is 5.69 Å². The Morgan fingerprint density at radius 3 is 2.85 bits per heavy atom. The Labute approximate surface area is 119 Å². The Kier molecular flexibility index (Phi) is 1.90. The van der Waals surface area contributed by atoms with Crippen LogP contribution >= 0.6 is 11.3 Å². The highest BCUT2D eigenvalue weighted by Crippen LogP contribution is 2.74. The fraction of sp³-hybridized carbons (Fsp3) is 0.533. The highest BCUT2D eigenvalue weighted by molar-refractivity contribution is 7.19. The molecule has 2 aromatic heterocycles. The highest BCUT2D eigenvalue weighted by Gasteiger charge is 2.64. The van der Waals surface area contributed by atoms with Crippen LogP contribution in [0.4, 0.5) is 0 Å². The van der Waals surface area contributed by atoms with Gasteiger partial charge in [0.2, 0.25) is 0 Å². The zero-order valence-electron chi connectivity index (χ0n) is 11.0. The molecule has 2 aromatic rings. The Balaban J connectivity index is 1.75. The summed E-state index contributed by atoms with van der Waals surface area (Å²) < 4.78 is 0. The van der Waals surface area contributed by atoms with Crippen molar-refractivity contribution in [2.45, 2.75) is 44.4 Å². The minimum Gasteiger partial charge on any atom is -0.476 e. The molecule has 5 heteroatoms. The summed E-state index contributed by atoms with van der Waals surface area (Å²) in [5.74, 6) is 0.297. The summed E-state index contributed by atoms with van der Waals surface area (Å²) in [6.45, 7) is 0. The van der Waals surface area contributed by atoms with Gasteiger partial charge in [0, 0.05) is 16.2 Å². The van der Waals surface area contributed by atoms with Crippen molar-refractivity contribution in [2.75, 3.05) is 0 Å². The van der Waals surface area contributed by atoms with Gasteiger partial charge in [0.1, 0.15) is 10.7 Å². The Morgan fingerprint density at radius 1 is 1.30 bits per heavy atom. The number of fused-ring (bicyclic) bond motifs is 3. The standard InChI is InChI=1S/C15H14N2O2S/c18-14(19)11-10-7-2-1-3-9(7)20-13(10)17-12(16-11)8-6-15(8)4-5-15/h8H,1-6H2,(H,18,19). The molecule has 5 rings (SSSR count). The van der Waals surface area contributed by atoms with E-state index in [0.717, 1.165) is 41.7 Å². The van der Waals surface area contributed by atoms with Gasteiger partial charge in [0.25, 0.3) is 0 Å². The van der Waals surface area contributed by atoms with Gasteiger partial charge in [0.15, 0.2) is 5.69 Å². The molecule has 20 heavy (non-hydrogen) atoms. The lowest BCUT2D eigenvalue weighted by Crippen LogP contribution is -2.06. The number of hydrogen-bond acceptors (Lipinski definition) is 4. The predicted octanol–water partition coefficient (Wildman–Crippen LogP) is 3.15. The summed E-state index contributed by atoms with van der Waals surface area (Å²) in [6.07, 6.45) is 6.86. The fourth-order valence-corrected chi connectivity index (χ4v) is 5.02. The van der Waals surface area contributed by atoms with E-state index in [1.807, 2.05) is 0 Å². The largest absolute Gasteiger partial charge is 0.476 e. The zero-order chi connectivity index (χ0) is 13.5. The van der Waals surface area contributed by atoms with Crippen molar-refractivity contribution in [1.82, 2.24) is 9.97 Å². The van der Waals surface area contributed by atoms with Gasteiger partial charge in [0.05, 0.1) is 0 Å². The fourth-order valence-electron chi connectivity index (χ4n) is 3.75. The monoisotopic (exact) mass is 286 g/mol. The van der Waals surface area contributed by atoms with Crippen LogP contribution in [0.3, 0.4) is 0 Å². The van der Waals surface area contributed by atoms with E-state index in [4.69, 9.17) is 4.98 Å². The number of aromatic nitrogens is 2. The number of aryl methyl sites for hydroxylation is 2. The first-order valence-corrected chi connectivity index (χ1v) is 8.05. The number of carboxylic acids is 1. The topological polar surface area (TPSA) is 63.1 Å². The van der Waals surface area contributed by atoms with Crippen molar-refractivity contribution < 1.29 is 9.90 Å². The third kappa shape index (κ3) is 1.34. The Hall–Kier alpha value is -1.49.